The highest BCUT2D eigenvalue weighted by Crippen LogP contribution is 2.23. The van der Waals surface area contributed by atoms with E-state index in [1.54, 1.807) is 6.92 Å². The molecular weight excluding hydrogens is 388 g/mol. The molecule has 0 aliphatic carbocycles. The second-order valence-electron chi connectivity index (χ2n) is 6.63. The average molecular weight is 413 g/mol. The van der Waals surface area contributed by atoms with E-state index in [4.69, 9.17) is 9.15 Å². The fraction of sp³-hybridized carbons (Fsp3) is 0.318. The van der Waals surface area contributed by atoms with Crippen molar-refractivity contribution in [3.63, 3.8) is 0 Å². The van der Waals surface area contributed by atoms with Gasteiger partial charge in [0.25, 0.3) is 11.1 Å². The van der Waals surface area contributed by atoms with Gasteiger partial charge in [0.1, 0.15) is 11.3 Å². The quantitative estimate of drug-likeness (QED) is 0.411. The Morgan fingerprint density at radius 2 is 1.86 bits per heavy atom. The van der Waals surface area contributed by atoms with Gasteiger partial charge in [0, 0.05) is 0 Å². The van der Waals surface area contributed by atoms with Crippen molar-refractivity contribution in [1.82, 2.24) is 10.3 Å². The van der Waals surface area contributed by atoms with Gasteiger partial charge in [-0.3, -0.25) is 9.59 Å². The maximum atomic E-state index is 12.5. The Kier molecular flexibility index (Phi) is 7.30. The van der Waals surface area contributed by atoms with Crippen LogP contribution in [0.4, 0.5) is 0 Å². The lowest BCUT2D eigenvalue weighted by Crippen LogP contribution is -2.38. The molecule has 1 amide bonds. The van der Waals surface area contributed by atoms with Crippen molar-refractivity contribution in [1.29, 1.82) is 0 Å². The van der Waals surface area contributed by atoms with E-state index in [2.05, 4.69) is 17.2 Å². The molecule has 3 rings (SSSR count). The van der Waals surface area contributed by atoms with Gasteiger partial charge < -0.3 is 14.5 Å². The average Bonchev–Trinajstić information content (AvgIpc) is 3.15. The number of hydrogen-bond donors (Lipinski definition) is 1. The van der Waals surface area contributed by atoms with E-state index in [0.717, 1.165) is 35.7 Å². The van der Waals surface area contributed by atoms with Crippen LogP contribution in [0.25, 0.3) is 11.1 Å². The number of carbonyl (C=O) groups excluding carboxylic acids is 2. The summed E-state index contributed by atoms with van der Waals surface area (Å²) in [6, 6.07) is 17.1. The zero-order chi connectivity index (χ0) is 20.6. The van der Waals surface area contributed by atoms with E-state index in [0.29, 0.717) is 10.8 Å². The Balaban J connectivity index is 1.50. The molecule has 0 saturated heterocycles. The molecule has 6 nitrogen and oxygen atoms in total. The van der Waals surface area contributed by atoms with Crippen molar-refractivity contribution in [2.24, 2.45) is 0 Å². The first-order valence-corrected chi connectivity index (χ1v) is 10.6. The fourth-order valence-electron chi connectivity index (χ4n) is 2.90. The Bertz CT molecular complexity index is 925. The zero-order valence-electron chi connectivity index (χ0n) is 16.5. The Hall–Kier alpha value is -2.80. The maximum absolute atomic E-state index is 12.5. The molecule has 0 radical (unpaired) electrons. The maximum Gasteiger partial charge on any atom is 0.317 e. The minimum absolute atomic E-state index is 0.0154. The molecule has 152 valence electrons. The van der Waals surface area contributed by atoms with E-state index in [1.165, 1.54) is 0 Å². The number of thioether (sulfide) groups is 1. The van der Waals surface area contributed by atoms with Crippen LogP contribution < -0.4 is 5.32 Å². The molecule has 1 heterocycles. The first kappa shape index (κ1) is 20.9. The second kappa shape index (κ2) is 10.1. The van der Waals surface area contributed by atoms with Crippen molar-refractivity contribution < 1.29 is 18.7 Å². The van der Waals surface area contributed by atoms with Crippen LogP contribution in [0.1, 0.15) is 38.3 Å². The largest absolute Gasteiger partial charge is 0.452 e. The van der Waals surface area contributed by atoms with Gasteiger partial charge in [0.2, 0.25) is 0 Å². The zero-order valence-corrected chi connectivity index (χ0v) is 17.3. The SMILES string of the molecule is CCC[C@H](NC(=O)[C@H](C)OC(=O)CSc1nc2ccccc2o1)c1ccccc1. The summed E-state index contributed by atoms with van der Waals surface area (Å²) in [4.78, 5) is 28.9. The molecule has 2 aromatic carbocycles. The van der Waals surface area contributed by atoms with Crippen LogP contribution in [0.5, 0.6) is 0 Å². The first-order valence-electron chi connectivity index (χ1n) is 9.60. The number of oxazole rings is 1. The number of nitrogens with zero attached hydrogens (tertiary/aromatic N) is 1. The minimum Gasteiger partial charge on any atom is -0.452 e. The van der Waals surface area contributed by atoms with E-state index in [-0.39, 0.29) is 17.7 Å². The van der Waals surface area contributed by atoms with Gasteiger partial charge in [-0.15, -0.1) is 0 Å². The van der Waals surface area contributed by atoms with Gasteiger partial charge in [-0.2, -0.15) is 0 Å². The summed E-state index contributed by atoms with van der Waals surface area (Å²) in [5, 5.41) is 3.37. The van der Waals surface area contributed by atoms with Crippen LogP contribution in [-0.4, -0.2) is 28.7 Å². The number of hydrogen-bond acceptors (Lipinski definition) is 6. The number of amides is 1. The van der Waals surface area contributed by atoms with Gasteiger partial charge in [-0.1, -0.05) is 67.6 Å². The number of nitrogens with one attached hydrogen (secondary N) is 1. The minimum atomic E-state index is -0.880. The highest BCUT2D eigenvalue weighted by Gasteiger charge is 2.22. The molecule has 0 aliphatic heterocycles. The highest BCUT2D eigenvalue weighted by atomic mass is 32.2. The summed E-state index contributed by atoms with van der Waals surface area (Å²) >= 11 is 1.14. The monoisotopic (exact) mass is 412 g/mol. The summed E-state index contributed by atoms with van der Waals surface area (Å²) in [6.07, 6.45) is 0.855. The summed E-state index contributed by atoms with van der Waals surface area (Å²) in [5.74, 6) is -0.791. The topological polar surface area (TPSA) is 81.4 Å². The molecule has 0 aliphatic rings. The summed E-state index contributed by atoms with van der Waals surface area (Å²) in [7, 11) is 0. The molecule has 7 heteroatoms. The van der Waals surface area contributed by atoms with Crippen molar-refractivity contribution >= 4 is 34.7 Å². The lowest BCUT2D eigenvalue weighted by atomic mass is 10.0. The summed E-state index contributed by atoms with van der Waals surface area (Å²) in [5.41, 5.74) is 2.44. The smallest absolute Gasteiger partial charge is 0.317 e. The van der Waals surface area contributed by atoms with E-state index in [9.17, 15) is 9.59 Å². The second-order valence-corrected chi connectivity index (χ2v) is 7.56. The van der Waals surface area contributed by atoms with E-state index < -0.39 is 12.1 Å². The van der Waals surface area contributed by atoms with Gasteiger partial charge in [0.05, 0.1) is 6.04 Å². The van der Waals surface area contributed by atoms with Crippen molar-refractivity contribution in [2.75, 3.05) is 5.75 Å². The molecule has 1 N–H and O–H groups in total. The first-order chi connectivity index (χ1) is 14.1. The van der Waals surface area contributed by atoms with Crippen LogP contribution in [0.15, 0.2) is 64.2 Å². The molecule has 1 aromatic heterocycles. The molecule has 29 heavy (non-hydrogen) atoms. The lowest BCUT2D eigenvalue weighted by molar-refractivity contribution is -0.152. The molecule has 0 saturated carbocycles. The molecular formula is C22H24N2O4S. The number of para-hydroxylation sites is 2. The van der Waals surface area contributed by atoms with E-state index >= 15 is 0 Å². The predicted molar refractivity (Wildman–Crippen MR) is 113 cm³/mol. The third-order valence-electron chi connectivity index (χ3n) is 4.36. The van der Waals surface area contributed by atoms with Gasteiger partial charge in [-0.25, -0.2) is 4.98 Å². The summed E-state index contributed by atoms with van der Waals surface area (Å²) in [6.45, 7) is 3.64. The van der Waals surface area contributed by atoms with Crippen molar-refractivity contribution in [3.8, 4) is 0 Å². The number of esters is 1. The van der Waals surface area contributed by atoms with Crippen LogP contribution in [-0.2, 0) is 14.3 Å². The van der Waals surface area contributed by atoms with Crippen LogP contribution >= 0.6 is 11.8 Å². The number of fused-ring (bicyclic) bond motifs is 1. The van der Waals surface area contributed by atoms with Crippen LogP contribution in [0, 0.1) is 0 Å². The molecule has 3 aromatic rings. The third-order valence-corrected chi connectivity index (χ3v) is 5.16. The van der Waals surface area contributed by atoms with Crippen LogP contribution in [0.2, 0.25) is 0 Å². The molecule has 0 unspecified atom stereocenters. The predicted octanol–water partition coefficient (Wildman–Crippen LogP) is 4.51. The molecule has 0 fully saturated rings. The molecule has 2 atom stereocenters. The Morgan fingerprint density at radius 1 is 1.14 bits per heavy atom. The normalized spacial score (nSPS) is 13.0. The highest BCUT2D eigenvalue weighted by molar-refractivity contribution is 7.99. The lowest BCUT2D eigenvalue weighted by Gasteiger charge is -2.21. The summed E-state index contributed by atoms with van der Waals surface area (Å²) < 4.78 is 10.8. The number of carbonyl (C=O) groups is 2. The van der Waals surface area contributed by atoms with Crippen molar-refractivity contribution in [2.45, 2.75) is 44.1 Å². The number of ether oxygens (including phenoxy) is 1. The van der Waals surface area contributed by atoms with Gasteiger partial charge in [0.15, 0.2) is 11.7 Å². The number of benzene rings is 2. The van der Waals surface area contributed by atoms with Gasteiger partial charge >= 0.3 is 5.97 Å². The van der Waals surface area contributed by atoms with E-state index in [1.807, 2.05) is 54.6 Å². The number of aromatic nitrogens is 1. The van der Waals surface area contributed by atoms with Crippen molar-refractivity contribution in [3.05, 3.63) is 60.2 Å². The Morgan fingerprint density at radius 3 is 2.59 bits per heavy atom. The van der Waals surface area contributed by atoms with Gasteiger partial charge in [-0.05, 0) is 31.0 Å². The number of rotatable bonds is 9. The van der Waals surface area contributed by atoms with Crippen LogP contribution in [0.3, 0.4) is 0 Å². The molecule has 0 spiro atoms. The third kappa shape index (κ3) is 5.84. The Labute approximate surface area is 174 Å². The molecule has 0 bridgehead atoms. The fourth-order valence-corrected chi connectivity index (χ4v) is 3.52. The standard InChI is InChI=1S/C22H24N2O4S/c1-3-9-17(16-10-5-4-6-11-16)23-21(26)15(2)27-20(25)14-29-22-24-18-12-7-8-13-19(18)28-22/h4-8,10-13,15,17H,3,9,14H2,1-2H3,(H,23,26)/t15-,17-/m0/s1.